The minimum absolute atomic E-state index is 0.584. The van der Waals surface area contributed by atoms with Gasteiger partial charge in [0.25, 0.3) is 0 Å². The van der Waals surface area contributed by atoms with E-state index in [0.717, 1.165) is 6.61 Å². The van der Waals surface area contributed by atoms with Crippen LogP contribution in [0, 0.1) is 20.8 Å². The van der Waals surface area contributed by atoms with Gasteiger partial charge in [0.15, 0.2) is 0 Å². The average Bonchev–Trinajstić information content (AvgIpc) is 2.11. The third-order valence-electron chi connectivity index (χ3n) is 3.06. The van der Waals surface area contributed by atoms with Crippen LogP contribution in [0.15, 0.2) is 6.07 Å². The van der Waals surface area contributed by atoms with Gasteiger partial charge in [0.2, 0.25) is 0 Å². The fourth-order valence-electron chi connectivity index (χ4n) is 2.50. The molecule has 0 saturated heterocycles. The van der Waals surface area contributed by atoms with E-state index in [-0.39, 0.29) is 0 Å². The largest absolute Gasteiger partial charge is 0.380 e. The summed E-state index contributed by atoms with van der Waals surface area (Å²) >= 11 is 0. The number of aryl methyl sites for hydroxylation is 2. The second kappa shape index (κ2) is 4.80. The van der Waals surface area contributed by atoms with Crippen molar-refractivity contribution in [2.45, 2.75) is 47.1 Å². The van der Waals surface area contributed by atoms with Gasteiger partial charge in [0.1, 0.15) is 0 Å². The third kappa shape index (κ3) is 2.40. The zero-order chi connectivity index (χ0) is 11.6. The van der Waals surface area contributed by atoms with Crippen LogP contribution in [0.3, 0.4) is 0 Å². The van der Waals surface area contributed by atoms with Crippen molar-refractivity contribution in [3.63, 3.8) is 0 Å². The maximum absolute atomic E-state index is 5.26. The Hall–Kier alpha value is -0.820. The van der Waals surface area contributed by atoms with Gasteiger partial charge in [-0.1, -0.05) is 19.9 Å². The molecule has 1 nitrogen and oxygen atoms in total. The highest BCUT2D eigenvalue weighted by Gasteiger charge is 2.12. The van der Waals surface area contributed by atoms with E-state index in [1.54, 1.807) is 7.11 Å². The summed E-state index contributed by atoms with van der Waals surface area (Å²) in [4.78, 5) is 0. The van der Waals surface area contributed by atoms with Gasteiger partial charge in [-0.25, -0.2) is 0 Å². The molecule has 1 aromatic rings. The molecule has 0 N–H and O–H groups in total. The Balaban J connectivity index is 3.35. The molecule has 0 atom stereocenters. The number of rotatable bonds is 3. The van der Waals surface area contributed by atoms with Crippen LogP contribution in [0.4, 0.5) is 0 Å². The molecule has 0 spiro atoms. The zero-order valence-corrected chi connectivity index (χ0v) is 10.8. The molecule has 0 aliphatic rings. The molecule has 15 heavy (non-hydrogen) atoms. The lowest BCUT2D eigenvalue weighted by atomic mass is 9.88. The highest BCUT2D eigenvalue weighted by molar-refractivity contribution is 5.45. The van der Waals surface area contributed by atoms with E-state index in [1.165, 1.54) is 27.8 Å². The second-order valence-electron chi connectivity index (χ2n) is 4.62. The molecule has 0 amide bonds. The molecule has 0 bridgehead atoms. The van der Waals surface area contributed by atoms with Crippen LogP contribution in [0.25, 0.3) is 0 Å². The monoisotopic (exact) mass is 206 g/mol. The van der Waals surface area contributed by atoms with Gasteiger partial charge < -0.3 is 4.74 Å². The lowest BCUT2D eigenvalue weighted by Crippen LogP contribution is -2.04. The molecule has 1 aromatic carbocycles. The van der Waals surface area contributed by atoms with Crippen molar-refractivity contribution < 1.29 is 4.74 Å². The Kier molecular flexibility index (Phi) is 3.92. The summed E-state index contributed by atoms with van der Waals surface area (Å²) in [6, 6.07) is 2.27. The van der Waals surface area contributed by atoms with Crippen molar-refractivity contribution in [1.82, 2.24) is 0 Å². The van der Waals surface area contributed by atoms with Gasteiger partial charge in [0.05, 0.1) is 6.61 Å². The molecular formula is C14H22O. The molecule has 0 aliphatic heterocycles. The molecule has 1 rings (SSSR count). The molecule has 0 unspecified atom stereocenters. The van der Waals surface area contributed by atoms with Gasteiger partial charge in [-0.2, -0.15) is 0 Å². The van der Waals surface area contributed by atoms with Crippen molar-refractivity contribution in [3.8, 4) is 0 Å². The van der Waals surface area contributed by atoms with Crippen molar-refractivity contribution in [2.75, 3.05) is 7.11 Å². The SMILES string of the molecule is COCc1c(C)cc(C)c(C(C)C)c1C. The van der Waals surface area contributed by atoms with E-state index in [4.69, 9.17) is 4.74 Å². The Morgan fingerprint density at radius 1 is 1.13 bits per heavy atom. The standard InChI is InChI=1S/C14H22O/c1-9(2)14-11(4)7-10(3)13(8-15-6)12(14)5/h7,9H,8H2,1-6H3. The Bertz CT molecular complexity index is 351. The van der Waals surface area contributed by atoms with Gasteiger partial charge in [0, 0.05) is 7.11 Å². The lowest BCUT2D eigenvalue weighted by molar-refractivity contribution is 0.183. The molecular weight excluding hydrogens is 184 g/mol. The summed E-state index contributed by atoms with van der Waals surface area (Å²) in [5.74, 6) is 0.584. The van der Waals surface area contributed by atoms with E-state index in [1.807, 2.05) is 0 Å². The molecule has 0 saturated carbocycles. The number of methoxy groups -OCH3 is 1. The Morgan fingerprint density at radius 2 is 1.73 bits per heavy atom. The minimum atomic E-state index is 0.584. The number of hydrogen-bond donors (Lipinski definition) is 0. The third-order valence-corrected chi connectivity index (χ3v) is 3.06. The average molecular weight is 206 g/mol. The molecule has 0 aromatic heterocycles. The molecule has 0 fully saturated rings. The summed E-state index contributed by atoms with van der Waals surface area (Å²) in [6.45, 7) is 11.8. The fraction of sp³-hybridized carbons (Fsp3) is 0.571. The summed E-state index contributed by atoms with van der Waals surface area (Å²) in [7, 11) is 1.76. The van der Waals surface area contributed by atoms with Crippen molar-refractivity contribution >= 4 is 0 Å². The van der Waals surface area contributed by atoms with Crippen LogP contribution in [-0.4, -0.2) is 7.11 Å². The fourth-order valence-corrected chi connectivity index (χ4v) is 2.50. The number of hydrogen-bond acceptors (Lipinski definition) is 1. The first-order chi connectivity index (χ1) is 6.99. The summed E-state index contributed by atoms with van der Waals surface area (Å²) in [6.07, 6.45) is 0. The van der Waals surface area contributed by atoms with Crippen molar-refractivity contribution in [2.24, 2.45) is 0 Å². The van der Waals surface area contributed by atoms with E-state index in [9.17, 15) is 0 Å². The van der Waals surface area contributed by atoms with E-state index in [0.29, 0.717) is 5.92 Å². The molecule has 0 aliphatic carbocycles. The van der Waals surface area contributed by atoms with Crippen LogP contribution >= 0.6 is 0 Å². The molecule has 0 heterocycles. The normalized spacial score (nSPS) is 11.1. The predicted octanol–water partition coefficient (Wildman–Crippen LogP) is 3.88. The summed E-state index contributed by atoms with van der Waals surface area (Å²) in [5, 5.41) is 0. The van der Waals surface area contributed by atoms with Crippen LogP contribution in [0.2, 0.25) is 0 Å². The minimum Gasteiger partial charge on any atom is -0.380 e. The number of ether oxygens (including phenoxy) is 1. The zero-order valence-electron chi connectivity index (χ0n) is 10.8. The summed E-state index contributed by atoms with van der Waals surface area (Å²) < 4.78 is 5.26. The quantitative estimate of drug-likeness (QED) is 0.729. The van der Waals surface area contributed by atoms with E-state index in [2.05, 4.69) is 40.7 Å². The van der Waals surface area contributed by atoms with Crippen LogP contribution < -0.4 is 0 Å². The molecule has 0 radical (unpaired) electrons. The first-order valence-electron chi connectivity index (χ1n) is 5.57. The van der Waals surface area contributed by atoms with Gasteiger partial charge in [-0.05, 0) is 54.5 Å². The molecule has 84 valence electrons. The first-order valence-corrected chi connectivity index (χ1v) is 5.57. The van der Waals surface area contributed by atoms with Crippen LogP contribution in [-0.2, 0) is 11.3 Å². The topological polar surface area (TPSA) is 9.23 Å². The van der Waals surface area contributed by atoms with E-state index < -0.39 is 0 Å². The van der Waals surface area contributed by atoms with Crippen LogP contribution in [0.1, 0.15) is 47.6 Å². The van der Waals surface area contributed by atoms with Crippen molar-refractivity contribution in [3.05, 3.63) is 33.9 Å². The maximum atomic E-state index is 5.26. The van der Waals surface area contributed by atoms with Crippen molar-refractivity contribution in [1.29, 1.82) is 0 Å². The van der Waals surface area contributed by atoms with Crippen LogP contribution in [0.5, 0.6) is 0 Å². The number of benzene rings is 1. The van der Waals surface area contributed by atoms with Gasteiger partial charge >= 0.3 is 0 Å². The van der Waals surface area contributed by atoms with Gasteiger partial charge in [-0.3, -0.25) is 0 Å². The Labute approximate surface area is 93.5 Å². The smallest absolute Gasteiger partial charge is 0.0718 e. The van der Waals surface area contributed by atoms with Gasteiger partial charge in [-0.15, -0.1) is 0 Å². The second-order valence-corrected chi connectivity index (χ2v) is 4.62. The molecule has 1 heteroatoms. The Morgan fingerprint density at radius 3 is 2.20 bits per heavy atom. The lowest BCUT2D eigenvalue weighted by Gasteiger charge is -2.19. The highest BCUT2D eigenvalue weighted by Crippen LogP contribution is 2.28. The first kappa shape index (κ1) is 12.3. The highest BCUT2D eigenvalue weighted by atomic mass is 16.5. The van der Waals surface area contributed by atoms with E-state index >= 15 is 0 Å². The summed E-state index contributed by atoms with van der Waals surface area (Å²) in [5.41, 5.74) is 6.99. The predicted molar refractivity (Wildman–Crippen MR) is 65.5 cm³/mol. The maximum Gasteiger partial charge on any atom is 0.0718 e.